The lowest BCUT2D eigenvalue weighted by atomic mass is 10.1. The molecule has 8 nitrogen and oxygen atoms in total. The van der Waals surface area contributed by atoms with E-state index in [1.54, 1.807) is 54.3 Å². The Morgan fingerprint density at radius 1 is 1.03 bits per heavy atom. The van der Waals surface area contributed by atoms with E-state index in [0.717, 1.165) is 0 Å². The second kappa shape index (κ2) is 7.07. The van der Waals surface area contributed by atoms with E-state index in [9.17, 15) is 9.59 Å². The fourth-order valence-electron chi connectivity index (χ4n) is 3.47. The third-order valence-electron chi connectivity index (χ3n) is 4.84. The number of hydrogen-bond donors (Lipinski definition) is 1. The molecular weight excluding hydrogens is 384 g/mol. The Hall–Kier alpha value is -4.07. The minimum absolute atomic E-state index is 0.277. The number of nitrogens with zero attached hydrogens (tertiary/aromatic N) is 3. The topological polar surface area (TPSA) is 87.4 Å². The molecule has 3 aliphatic heterocycles. The molecule has 0 saturated carbocycles. The molecule has 30 heavy (non-hydrogen) atoms. The SMILES string of the molecule is Cn1cc(C(=O)Nc2ccc3c(c2)OCCO3)c2nn(-c3ccccc3)c(=O)c-2c1. The van der Waals surface area contributed by atoms with Crippen LogP contribution in [-0.4, -0.2) is 33.5 Å². The van der Waals surface area contributed by atoms with Crippen molar-refractivity contribution < 1.29 is 14.3 Å². The van der Waals surface area contributed by atoms with Gasteiger partial charge < -0.3 is 19.4 Å². The number of benzene rings is 2. The zero-order chi connectivity index (χ0) is 20.7. The van der Waals surface area contributed by atoms with Crippen LogP contribution in [0.3, 0.4) is 0 Å². The van der Waals surface area contributed by atoms with Crippen LogP contribution in [-0.2, 0) is 7.05 Å². The minimum Gasteiger partial charge on any atom is -0.486 e. The number of aromatic nitrogens is 3. The number of ether oxygens (including phenoxy) is 2. The molecular formula is C22H18N4O4. The van der Waals surface area contributed by atoms with E-state index in [1.807, 2.05) is 18.2 Å². The van der Waals surface area contributed by atoms with E-state index < -0.39 is 0 Å². The van der Waals surface area contributed by atoms with Gasteiger partial charge in [-0.3, -0.25) is 9.59 Å². The highest BCUT2D eigenvalue weighted by molar-refractivity contribution is 6.08. The molecule has 0 fully saturated rings. The first-order valence-corrected chi connectivity index (χ1v) is 9.45. The normalized spacial score (nSPS) is 12.7. The highest BCUT2D eigenvalue weighted by Crippen LogP contribution is 2.33. The zero-order valence-electron chi connectivity index (χ0n) is 16.2. The number of hydrogen-bond acceptors (Lipinski definition) is 5. The van der Waals surface area contributed by atoms with Crippen LogP contribution in [0.5, 0.6) is 11.5 Å². The minimum atomic E-state index is -0.370. The molecule has 0 spiro atoms. The number of rotatable bonds is 3. The van der Waals surface area contributed by atoms with Gasteiger partial charge in [-0.25, -0.2) is 0 Å². The summed E-state index contributed by atoms with van der Waals surface area (Å²) in [7, 11) is 1.76. The molecule has 0 aromatic heterocycles. The van der Waals surface area contributed by atoms with Crippen molar-refractivity contribution in [3.05, 3.63) is 76.8 Å². The van der Waals surface area contributed by atoms with Crippen LogP contribution in [0.25, 0.3) is 16.9 Å². The van der Waals surface area contributed by atoms with Crippen molar-refractivity contribution in [2.75, 3.05) is 18.5 Å². The molecule has 0 radical (unpaired) electrons. The number of aryl methyl sites for hydroxylation is 1. The molecule has 3 aliphatic rings. The Morgan fingerprint density at radius 2 is 1.80 bits per heavy atom. The van der Waals surface area contributed by atoms with Gasteiger partial charge in [0.2, 0.25) is 0 Å². The smallest absolute Gasteiger partial charge is 0.282 e. The second-order valence-electron chi connectivity index (χ2n) is 6.96. The average molecular weight is 402 g/mol. The number of anilines is 1. The Morgan fingerprint density at radius 3 is 2.60 bits per heavy atom. The first-order chi connectivity index (χ1) is 14.6. The average Bonchev–Trinajstić information content (AvgIpc) is 3.10. The van der Waals surface area contributed by atoms with Gasteiger partial charge in [0.15, 0.2) is 11.5 Å². The Bertz CT molecular complexity index is 1280. The molecule has 0 bridgehead atoms. The maximum Gasteiger partial charge on any atom is 0.282 e. The molecule has 0 atom stereocenters. The summed E-state index contributed by atoms with van der Waals surface area (Å²) < 4.78 is 14.1. The van der Waals surface area contributed by atoms with Gasteiger partial charge in [0, 0.05) is 31.2 Å². The number of nitrogens with one attached hydrogen (secondary N) is 1. The number of para-hydroxylation sites is 1. The highest BCUT2D eigenvalue weighted by Gasteiger charge is 2.24. The summed E-state index contributed by atoms with van der Waals surface area (Å²) >= 11 is 0. The second-order valence-corrected chi connectivity index (χ2v) is 6.96. The number of carbonyl (C=O) groups is 1. The summed E-state index contributed by atoms with van der Waals surface area (Å²) in [6.45, 7) is 0.960. The van der Waals surface area contributed by atoms with E-state index in [2.05, 4.69) is 10.4 Å². The van der Waals surface area contributed by atoms with Crippen molar-refractivity contribution in [3.63, 3.8) is 0 Å². The zero-order valence-corrected chi connectivity index (χ0v) is 16.2. The van der Waals surface area contributed by atoms with Crippen molar-refractivity contribution in [1.82, 2.24) is 14.3 Å². The Labute approximate surface area is 171 Å². The molecule has 0 aliphatic carbocycles. The van der Waals surface area contributed by atoms with E-state index in [0.29, 0.717) is 52.9 Å². The first kappa shape index (κ1) is 18.0. The van der Waals surface area contributed by atoms with Gasteiger partial charge in [-0.05, 0) is 24.3 Å². The predicted molar refractivity (Wildman–Crippen MR) is 111 cm³/mol. The molecule has 150 valence electrons. The lowest BCUT2D eigenvalue weighted by Crippen LogP contribution is -2.18. The standard InChI is InChI=1S/C22H18N4O4/c1-25-12-16(21(27)23-14-7-8-18-19(11-14)30-10-9-29-18)20-17(13-25)22(28)26(24-20)15-5-3-2-4-6-15/h2-8,11-13H,9-10H2,1H3,(H,23,27). The molecule has 3 heterocycles. The molecule has 1 amide bonds. The molecule has 0 unspecified atom stereocenters. The lowest BCUT2D eigenvalue weighted by Gasteiger charge is -2.19. The first-order valence-electron chi connectivity index (χ1n) is 9.45. The molecule has 2 aromatic rings. The fourth-order valence-corrected chi connectivity index (χ4v) is 3.47. The number of fused-ring (bicyclic) bond motifs is 2. The van der Waals surface area contributed by atoms with E-state index in [1.165, 1.54) is 4.68 Å². The van der Waals surface area contributed by atoms with Crippen LogP contribution in [0.15, 0.2) is 65.7 Å². The van der Waals surface area contributed by atoms with Gasteiger partial charge in [-0.15, -0.1) is 0 Å². The molecule has 1 N–H and O–H groups in total. The molecule has 8 heteroatoms. The van der Waals surface area contributed by atoms with Crippen LogP contribution >= 0.6 is 0 Å². The maximum atomic E-state index is 13.1. The lowest BCUT2D eigenvalue weighted by molar-refractivity contribution is 0.102. The summed E-state index contributed by atoms with van der Waals surface area (Å²) in [6, 6.07) is 14.3. The summed E-state index contributed by atoms with van der Waals surface area (Å²) in [6.07, 6.45) is 3.32. The highest BCUT2D eigenvalue weighted by atomic mass is 16.6. The van der Waals surface area contributed by atoms with Crippen molar-refractivity contribution in [2.45, 2.75) is 0 Å². The number of carbonyl (C=O) groups excluding carboxylic acids is 1. The van der Waals surface area contributed by atoms with Crippen LogP contribution in [0, 0.1) is 0 Å². The third kappa shape index (κ3) is 3.08. The summed E-state index contributed by atoms with van der Waals surface area (Å²) in [5, 5.41) is 7.30. The van der Waals surface area contributed by atoms with E-state index >= 15 is 0 Å². The van der Waals surface area contributed by atoms with Crippen LogP contribution in [0.4, 0.5) is 5.69 Å². The summed E-state index contributed by atoms with van der Waals surface area (Å²) in [5.74, 6) is 0.856. The van der Waals surface area contributed by atoms with Gasteiger partial charge in [0.05, 0.1) is 16.8 Å². The van der Waals surface area contributed by atoms with Crippen molar-refractivity contribution in [2.24, 2.45) is 7.05 Å². The van der Waals surface area contributed by atoms with Crippen molar-refractivity contribution >= 4 is 11.6 Å². The van der Waals surface area contributed by atoms with Gasteiger partial charge in [0.1, 0.15) is 18.9 Å². The van der Waals surface area contributed by atoms with E-state index in [-0.39, 0.29) is 11.5 Å². The molecule has 2 aromatic carbocycles. The van der Waals surface area contributed by atoms with E-state index in [4.69, 9.17) is 9.47 Å². The summed E-state index contributed by atoms with van der Waals surface area (Å²) in [4.78, 5) is 26.0. The maximum absolute atomic E-state index is 13.1. The summed E-state index contributed by atoms with van der Waals surface area (Å²) in [5.41, 5.74) is 1.94. The Balaban J connectivity index is 1.53. The fraction of sp³-hybridized carbons (Fsp3) is 0.136. The number of amides is 1. The Kier molecular flexibility index (Phi) is 4.24. The predicted octanol–water partition coefficient (Wildman–Crippen LogP) is 2.70. The monoisotopic (exact) mass is 402 g/mol. The number of pyridine rings is 1. The largest absolute Gasteiger partial charge is 0.486 e. The van der Waals surface area contributed by atoms with Crippen molar-refractivity contribution in [3.8, 4) is 28.4 Å². The van der Waals surface area contributed by atoms with Crippen molar-refractivity contribution in [1.29, 1.82) is 0 Å². The molecule has 0 saturated heterocycles. The van der Waals surface area contributed by atoms with Gasteiger partial charge in [-0.1, -0.05) is 18.2 Å². The van der Waals surface area contributed by atoms with Gasteiger partial charge in [-0.2, -0.15) is 9.78 Å². The van der Waals surface area contributed by atoms with Crippen LogP contribution < -0.4 is 20.3 Å². The van der Waals surface area contributed by atoms with Crippen LogP contribution in [0.2, 0.25) is 0 Å². The van der Waals surface area contributed by atoms with Crippen LogP contribution in [0.1, 0.15) is 10.4 Å². The quantitative estimate of drug-likeness (QED) is 0.569. The third-order valence-corrected chi connectivity index (χ3v) is 4.84. The van der Waals surface area contributed by atoms with Gasteiger partial charge in [0.25, 0.3) is 11.5 Å². The van der Waals surface area contributed by atoms with Gasteiger partial charge >= 0.3 is 0 Å². The molecule has 5 rings (SSSR count).